The Morgan fingerprint density at radius 1 is 1.00 bits per heavy atom. The van der Waals surface area contributed by atoms with E-state index in [1.165, 1.54) is 12.0 Å². The summed E-state index contributed by atoms with van der Waals surface area (Å²) in [5.74, 6) is -2.71. The highest BCUT2D eigenvalue weighted by molar-refractivity contribution is 6.31. The molecule has 146 valence electrons. The van der Waals surface area contributed by atoms with Crippen molar-refractivity contribution in [3.8, 4) is 0 Å². The predicted octanol–water partition coefficient (Wildman–Crippen LogP) is 3.03. The first-order valence-electron chi connectivity index (χ1n) is 9.28. The van der Waals surface area contributed by atoms with E-state index >= 15 is 0 Å². The van der Waals surface area contributed by atoms with Crippen LogP contribution in [0.5, 0.6) is 0 Å². The van der Waals surface area contributed by atoms with Crippen molar-refractivity contribution in [1.82, 2.24) is 4.90 Å². The Kier molecular flexibility index (Phi) is 3.99. The van der Waals surface area contributed by atoms with E-state index in [0.29, 0.717) is 10.7 Å². The summed E-state index contributed by atoms with van der Waals surface area (Å²) in [6, 6.07) is 13.0. The van der Waals surface area contributed by atoms with E-state index in [2.05, 4.69) is 0 Å². The first-order chi connectivity index (χ1) is 14.0. The molecule has 0 saturated carbocycles. The number of rotatable bonds is 2. The van der Waals surface area contributed by atoms with Gasteiger partial charge in [0.2, 0.25) is 11.8 Å². The van der Waals surface area contributed by atoms with Gasteiger partial charge in [-0.2, -0.15) is 0 Å². The van der Waals surface area contributed by atoms with E-state index in [1.54, 1.807) is 35.4 Å². The molecule has 3 aliphatic rings. The highest BCUT2D eigenvalue weighted by Crippen LogP contribution is 2.53. The fourth-order valence-electron chi connectivity index (χ4n) is 4.79. The number of carbonyl (C=O) groups is 3. The number of imide groups is 1. The van der Waals surface area contributed by atoms with Crippen LogP contribution in [0.4, 0.5) is 5.69 Å². The van der Waals surface area contributed by atoms with E-state index < -0.39 is 35.8 Å². The van der Waals surface area contributed by atoms with Gasteiger partial charge in [0.05, 0.1) is 30.7 Å². The molecule has 0 aromatic heterocycles. The average molecular weight is 409 g/mol. The monoisotopic (exact) mass is 408 g/mol. The van der Waals surface area contributed by atoms with Gasteiger partial charge in [-0.15, -0.1) is 0 Å². The van der Waals surface area contributed by atoms with Gasteiger partial charge in [0, 0.05) is 11.2 Å². The Bertz CT molecular complexity index is 1060. The molecule has 29 heavy (non-hydrogen) atoms. The molecule has 2 amide bonds. The molecule has 0 radical (unpaired) electrons. The number of halogens is 1. The Labute approximate surface area is 172 Å². The number of hydrogen-bond donors (Lipinski definition) is 0. The molecular weight excluding hydrogens is 392 g/mol. The number of hydrogen-bond acceptors (Lipinski definition) is 5. The van der Waals surface area contributed by atoms with Gasteiger partial charge in [-0.1, -0.05) is 35.9 Å². The topological polar surface area (TPSA) is 66.9 Å². The van der Waals surface area contributed by atoms with Crippen molar-refractivity contribution >= 4 is 41.1 Å². The molecular formula is C22H17ClN2O4. The molecule has 0 spiro atoms. The summed E-state index contributed by atoms with van der Waals surface area (Å²) in [7, 11) is 1.30. The molecule has 0 bridgehead atoms. The summed E-state index contributed by atoms with van der Waals surface area (Å²) in [5.41, 5.74) is 2.35. The van der Waals surface area contributed by atoms with Gasteiger partial charge < -0.3 is 9.64 Å². The number of fused-ring (bicyclic) bond motifs is 5. The Morgan fingerprint density at radius 2 is 1.69 bits per heavy atom. The van der Waals surface area contributed by atoms with Crippen molar-refractivity contribution in [1.29, 1.82) is 0 Å². The van der Waals surface area contributed by atoms with E-state index in [0.717, 1.165) is 11.1 Å². The summed E-state index contributed by atoms with van der Waals surface area (Å²) in [6.07, 6.45) is 3.69. The van der Waals surface area contributed by atoms with Crippen LogP contribution in [0.2, 0.25) is 5.02 Å². The first-order valence-corrected chi connectivity index (χ1v) is 9.66. The van der Waals surface area contributed by atoms with E-state index in [-0.39, 0.29) is 5.91 Å². The van der Waals surface area contributed by atoms with Crippen LogP contribution in [0.1, 0.15) is 17.2 Å². The Morgan fingerprint density at radius 3 is 2.41 bits per heavy atom. The fraction of sp³-hybridized carbons (Fsp3) is 0.227. The van der Waals surface area contributed by atoms with Crippen LogP contribution in [0.15, 0.2) is 54.7 Å². The number of anilines is 1. The first kappa shape index (κ1) is 17.9. The third-order valence-electron chi connectivity index (χ3n) is 5.99. The van der Waals surface area contributed by atoms with Gasteiger partial charge in [-0.3, -0.25) is 9.59 Å². The number of carbonyl (C=O) groups excluding carboxylic acids is 3. The number of nitrogens with zero attached hydrogens (tertiary/aromatic N) is 2. The number of amides is 2. The van der Waals surface area contributed by atoms with Gasteiger partial charge in [0.25, 0.3) is 0 Å². The molecule has 0 aliphatic carbocycles. The molecule has 2 fully saturated rings. The number of methoxy groups -OCH3 is 1. The predicted molar refractivity (Wildman–Crippen MR) is 107 cm³/mol. The van der Waals surface area contributed by atoms with Crippen molar-refractivity contribution in [3.63, 3.8) is 0 Å². The second-order valence-corrected chi connectivity index (χ2v) is 7.78. The van der Waals surface area contributed by atoms with E-state index in [1.807, 2.05) is 30.3 Å². The summed E-state index contributed by atoms with van der Waals surface area (Å²) in [4.78, 5) is 42.5. The molecule has 2 aromatic carbocycles. The normalized spacial score (nSPS) is 27.0. The minimum Gasteiger partial charge on any atom is -0.467 e. The zero-order valence-corrected chi connectivity index (χ0v) is 16.2. The van der Waals surface area contributed by atoms with Crippen molar-refractivity contribution in [2.24, 2.45) is 11.8 Å². The second kappa shape index (κ2) is 6.46. The second-order valence-electron chi connectivity index (χ2n) is 7.34. The third-order valence-corrected chi connectivity index (χ3v) is 6.24. The summed E-state index contributed by atoms with van der Waals surface area (Å²) in [6.45, 7) is 0. The maximum Gasteiger partial charge on any atom is 0.329 e. The zero-order chi connectivity index (χ0) is 20.3. The van der Waals surface area contributed by atoms with Gasteiger partial charge in [-0.05, 0) is 41.5 Å². The van der Waals surface area contributed by atoms with E-state index in [9.17, 15) is 14.4 Å². The molecule has 0 unspecified atom stereocenters. The lowest BCUT2D eigenvalue weighted by atomic mass is 9.84. The van der Waals surface area contributed by atoms with Crippen LogP contribution >= 0.6 is 11.6 Å². The highest BCUT2D eigenvalue weighted by Gasteiger charge is 2.65. The van der Waals surface area contributed by atoms with Crippen molar-refractivity contribution in [3.05, 3.63) is 70.9 Å². The van der Waals surface area contributed by atoms with Gasteiger partial charge in [0.15, 0.2) is 0 Å². The van der Waals surface area contributed by atoms with E-state index in [4.69, 9.17) is 16.3 Å². The molecule has 2 aromatic rings. The van der Waals surface area contributed by atoms with Crippen LogP contribution in [-0.4, -0.2) is 35.8 Å². The molecule has 3 heterocycles. The Hall–Kier alpha value is -3.12. The summed E-state index contributed by atoms with van der Waals surface area (Å²) >= 11 is 5.95. The molecule has 7 heteroatoms. The van der Waals surface area contributed by atoms with Gasteiger partial charge in [0.1, 0.15) is 6.04 Å². The fourth-order valence-corrected chi connectivity index (χ4v) is 4.92. The number of esters is 1. The molecule has 6 nitrogen and oxygen atoms in total. The van der Waals surface area contributed by atoms with Crippen LogP contribution in [0.25, 0.3) is 6.08 Å². The lowest BCUT2D eigenvalue weighted by Gasteiger charge is -2.34. The lowest BCUT2D eigenvalue weighted by molar-refractivity contribution is -0.148. The van der Waals surface area contributed by atoms with Gasteiger partial charge in [-0.25, -0.2) is 9.69 Å². The number of benzene rings is 2. The molecule has 5 rings (SSSR count). The molecule has 0 N–H and O–H groups in total. The SMILES string of the molecule is COC(=O)[C@@H]1[C@@H]2C(=O)N(c3ccc(Cl)cc3)C(=O)[C@@H]2[C@H]2c3ccccc3C=CN12. The smallest absolute Gasteiger partial charge is 0.329 e. The standard InChI is InChI=1S/C22H17ClN2O4/c1-29-22(28)19-17-16(18-15-5-3-2-4-12(15)10-11-24(18)19)20(26)25(21(17)27)14-8-6-13(23)7-9-14/h2-11,16-19H,1H3/t16-,17+,18+,19-/m0/s1. The van der Waals surface area contributed by atoms with Crippen LogP contribution < -0.4 is 4.90 Å². The third kappa shape index (κ3) is 2.45. The minimum atomic E-state index is -0.853. The quantitative estimate of drug-likeness (QED) is 0.564. The Balaban J connectivity index is 1.65. The van der Waals surface area contributed by atoms with Crippen molar-refractivity contribution < 1.29 is 19.1 Å². The average Bonchev–Trinajstić information content (AvgIpc) is 3.21. The summed E-state index contributed by atoms with van der Waals surface area (Å²) in [5, 5.41) is 0.512. The van der Waals surface area contributed by atoms with Gasteiger partial charge >= 0.3 is 5.97 Å². The largest absolute Gasteiger partial charge is 0.467 e. The summed E-state index contributed by atoms with van der Waals surface area (Å²) < 4.78 is 5.01. The molecule has 3 aliphatic heterocycles. The zero-order valence-electron chi connectivity index (χ0n) is 15.5. The van der Waals surface area contributed by atoms with Crippen molar-refractivity contribution in [2.75, 3.05) is 12.0 Å². The highest BCUT2D eigenvalue weighted by atomic mass is 35.5. The lowest BCUT2D eigenvalue weighted by Crippen LogP contribution is -2.44. The minimum absolute atomic E-state index is 0.311. The molecule has 2 saturated heterocycles. The van der Waals surface area contributed by atoms with Crippen LogP contribution in [-0.2, 0) is 19.1 Å². The van der Waals surface area contributed by atoms with Crippen LogP contribution in [0.3, 0.4) is 0 Å². The number of ether oxygens (including phenoxy) is 1. The molecule has 4 atom stereocenters. The van der Waals surface area contributed by atoms with Crippen LogP contribution in [0, 0.1) is 11.8 Å². The maximum atomic E-state index is 13.5. The maximum absolute atomic E-state index is 13.5. The van der Waals surface area contributed by atoms with Crippen molar-refractivity contribution in [2.45, 2.75) is 12.1 Å².